The number of nitrogens with one attached hydrogen (secondary N) is 1. The lowest BCUT2D eigenvalue weighted by Gasteiger charge is -2.47. The summed E-state index contributed by atoms with van der Waals surface area (Å²) in [5, 5.41) is 15.3. The first-order valence-corrected chi connectivity index (χ1v) is 38.1. The molecule has 1 amide bonds. The Hall–Kier alpha value is -0.930. The Morgan fingerprint density at radius 1 is 0.460 bits per heavy atom. The smallest absolute Gasteiger partial charge is 0.387 e. The second-order valence-corrected chi connectivity index (χ2v) is 27.1. The van der Waals surface area contributed by atoms with Gasteiger partial charge in [0.15, 0.2) is 12.6 Å². The molecule has 6 N–H and O–H groups in total. The van der Waals surface area contributed by atoms with E-state index in [4.69, 9.17) is 46.9 Å². The minimum absolute atomic E-state index is 0.0532. The fourth-order valence-corrected chi connectivity index (χ4v) is 12.7. The van der Waals surface area contributed by atoms with Crippen LogP contribution in [0.15, 0.2) is 12.2 Å². The maximum atomic E-state index is 14.1. The Kier molecular flexibility index (Phi) is 50.5. The molecule has 87 heavy (non-hydrogen) atoms. The second-order valence-electron chi connectivity index (χ2n) is 24.7. The number of phosphoric ester groups is 2. The molecule has 2 rings (SSSR count). The number of aliphatic hydroxyl groups is 1. The molecule has 2 saturated heterocycles. The van der Waals surface area contributed by atoms with E-state index in [1.807, 2.05) is 0 Å². The molecule has 516 valence electrons. The maximum Gasteiger partial charge on any atom is 0.472 e. The van der Waals surface area contributed by atoms with E-state index in [9.17, 15) is 38.6 Å². The van der Waals surface area contributed by atoms with Crippen molar-refractivity contribution in [2.24, 2.45) is 0 Å². The quantitative estimate of drug-likeness (QED) is 0.0188. The standard InChI is InChI=1S/C66H129NO18P2/c1-7-11-15-19-22-25-27-29-30-31-32-34-36-40-44-48-58(68)67-59-62(80-52-49-55(77-6)47-43-39-18-14-10-4)61(84-86(70,71)72)57(53-76-5)83-65(59)81-54-56-60(69)63(78-50-45-41-37-24-21-17-13-9-3)64(66(82-56)85-87(73,74)75)79-51-46-42-38-35-33-28-26-23-20-16-12-8-2/h25,27,55-57,59-66,69H,7-24,26,28-54H2,1-6H3,(H,67,68)(H2,70,71,72)(H2,73,74,75)/b27-25-/t55-,56-,57-,59-,60-,61-,62-,63+,64-,65-,66+/m1/s1. The van der Waals surface area contributed by atoms with Gasteiger partial charge in [-0.1, -0.05) is 239 Å². The molecule has 2 aliphatic rings. The van der Waals surface area contributed by atoms with Crippen LogP contribution in [0.4, 0.5) is 0 Å². The Labute approximate surface area is 528 Å². The number of carbonyl (C=O) groups excluding carboxylic acids is 1. The van der Waals surface area contributed by atoms with Gasteiger partial charge in [0.25, 0.3) is 0 Å². The van der Waals surface area contributed by atoms with Gasteiger partial charge in [-0.3, -0.25) is 13.8 Å². The van der Waals surface area contributed by atoms with E-state index in [1.54, 1.807) is 7.11 Å². The van der Waals surface area contributed by atoms with Gasteiger partial charge in [-0.25, -0.2) is 9.13 Å². The van der Waals surface area contributed by atoms with Gasteiger partial charge in [0, 0.05) is 40.5 Å². The molecule has 2 fully saturated rings. The number of amides is 1. The van der Waals surface area contributed by atoms with Gasteiger partial charge < -0.3 is 67.9 Å². The molecule has 0 aromatic carbocycles. The third-order valence-corrected chi connectivity index (χ3v) is 17.8. The minimum Gasteiger partial charge on any atom is -0.387 e. The molecule has 0 spiro atoms. The van der Waals surface area contributed by atoms with Crippen LogP contribution in [0.25, 0.3) is 0 Å². The second kappa shape index (κ2) is 53.4. The lowest BCUT2D eigenvalue weighted by molar-refractivity contribution is -0.319. The number of hydrogen-bond acceptors (Lipinski definition) is 14. The van der Waals surface area contributed by atoms with E-state index in [0.717, 1.165) is 135 Å². The van der Waals surface area contributed by atoms with Crippen LogP contribution in [0.2, 0.25) is 0 Å². The third-order valence-electron chi connectivity index (χ3n) is 16.8. The Morgan fingerprint density at radius 2 is 0.885 bits per heavy atom. The van der Waals surface area contributed by atoms with E-state index >= 15 is 0 Å². The van der Waals surface area contributed by atoms with E-state index in [-0.39, 0.29) is 44.9 Å². The van der Waals surface area contributed by atoms with Crippen molar-refractivity contribution in [2.75, 3.05) is 47.3 Å². The Bertz CT molecular complexity index is 1730. The van der Waals surface area contributed by atoms with Gasteiger partial charge >= 0.3 is 15.6 Å². The SMILES string of the molecule is CCCCCC/C=C\CCCCCCCCCC(=O)N[C@H]1[C@H](OC[C@H]2O[C@@H](OP(=O)(O)O)[C@H](OCCCCCCCCCCCCCC)[C@@H](OCCCCCCCCCC)[C@@H]2O)O[C@H](COC)[C@@H](OP(=O)(O)O)[C@@H]1OCC[C@@H](CCCCCCC)OC. The molecule has 2 aliphatic heterocycles. The molecule has 0 radical (unpaired) electrons. The summed E-state index contributed by atoms with van der Waals surface area (Å²) in [6, 6.07) is -1.24. The number of ether oxygens (including phenoxy) is 8. The summed E-state index contributed by atoms with van der Waals surface area (Å²) in [7, 11) is -7.41. The van der Waals surface area contributed by atoms with Crippen LogP contribution in [0, 0.1) is 0 Å². The molecule has 0 unspecified atom stereocenters. The molecule has 19 nitrogen and oxygen atoms in total. The van der Waals surface area contributed by atoms with Gasteiger partial charge in [-0.2, -0.15) is 0 Å². The zero-order chi connectivity index (χ0) is 63.6. The van der Waals surface area contributed by atoms with Gasteiger partial charge in [-0.15, -0.1) is 0 Å². The number of phosphoric acid groups is 2. The first-order chi connectivity index (χ1) is 42.1. The van der Waals surface area contributed by atoms with Crippen LogP contribution in [-0.4, -0.2) is 145 Å². The number of unbranched alkanes of at least 4 members (excludes halogenated alkanes) is 33. The summed E-state index contributed by atoms with van der Waals surface area (Å²) in [5.41, 5.74) is 0. The molecule has 0 aromatic heterocycles. The normalized spacial score (nSPS) is 23.3. The lowest BCUT2D eigenvalue weighted by atomic mass is 9.95. The highest BCUT2D eigenvalue weighted by Crippen LogP contribution is 2.44. The summed E-state index contributed by atoms with van der Waals surface area (Å²) in [5.74, 6) is -0.374. The summed E-state index contributed by atoms with van der Waals surface area (Å²) < 4.78 is 86.1. The summed E-state index contributed by atoms with van der Waals surface area (Å²) in [6.45, 7) is 8.58. The van der Waals surface area contributed by atoms with Crippen LogP contribution in [-0.2, 0) is 60.9 Å². The van der Waals surface area contributed by atoms with Crippen molar-refractivity contribution >= 4 is 21.6 Å². The number of allylic oxidation sites excluding steroid dienone is 2. The first-order valence-electron chi connectivity index (χ1n) is 35.0. The topological polar surface area (TPSA) is 257 Å². The number of aliphatic hydroxyl groups excluding tert-OH is 1. The van der Waals surface area contributed by atoms with Crippen molar-refractivity contribution < 1.29 is 85.5 Å². The largest absolute Gasteiger partial charge is 0.472 e. The number of carbonyl (C=O) groups is 1. The molecule has 0 bridgehead atoms. The Balaban J connectivity index is 2.39. The fourth-order valence-electron chi connectivity index (χ4n) is 11.7. The zero-order valence-electron chi connectivity index (χ0n) is 55.5. The molecule has 11 atom stereocenters. The predicted octanol–water partition coefficient (Wildman–Crippen LogP) is 15.3. The average molecular weight is 1290 g/mol. The summed E-state index contributed by atoms with van der Waals surface area (Å²) >= 11 is 0. The van der Waals surface area contributed by atoms with Crippen molar-refractivity contribution in [3.63, 3.8) is 0 Å². The van der Waals surface area contributed by atoms with Crippen molar-refractivity contribution in [1.82, 2.24) is 5.32 Å². The summed E-state index contributed by atoms with van der Waals surface area (Å²) in [6.07, 6.45) is 35.2. The van der Waals surface area contributed by atoms with Crippen molar-refractivity contribution in [2.45, 2.75) is 358 Å². The molecule has 21 heteroatoms. The van der Waals surface area contributed by atoms with Gasteiger partial charge in [0.1, 0.15) is 48.8 Å². The fraction of sp³-hybridized carbons (Fsp3) is 0.955. The van der Waals surface area contributed by atoms with Crippen LogP contribution in [0.1, 0.15) is 291 Å². The Morgan fingerprint density at radius 3 is 1.37 bits per heavy atom. The maximum absolute atomic E-state index is 14.1. The van der Waals surface area contributed by atoms with E-state index in [0.29, 0.717) is 25.7 Å². The van der Waals surface area contributed by atoms with Crippen molar-refractivity contribution in [3.8, 4) is 0 Å². The van der Waals surface area contributed by atoms with Crippen LogP contribution >= 0.6 is 15.6 Å². The molecule has 0 saturated carbocycles. The average Bonchev–Trinajstić information content (AvgIpc) is 1.46. The highest BCUT2D eigenvalue weighted by molar-refractivity contribution is 7.46. The van der Waals surface area contributed by atoms with E-state index < -0.39 is 83.6 Å². The van der Waals surface area contributed by atoms with E-state index in [1.165, 1.54) is 103 Å². The number of methoxy groups -OCH3 is 2. The highest BCUT2D eigenvalue weighted by Gasteiger charge is 2.53. The van der Waals surface area contributed by atoms with Crippen molar-refractivity contribution in [3.05, 3.63) is 12.2 Å². The predicted molar refractivity (Wildman–Crippen MR) is 344 cm³/mol. The third kappa shape index (κ3) is 41.4. The van der Waals surface area contributed by atoms with Crippen LogP contribution in [0.5, 0.6) is 0 Å². The summed E-state index contributed by atoms with van der Waals surface area (Å²) in [4.78, 5) is 55.3. The van der Waals surface area contributed by atoms with Crippen LogP contribution < -0.4 is 5.32 Å². The van der Waals surface area contributed by atoms with E-state index in [2.05, 4.69) is 45.2 Å². The molecular weight excluding hydrogens is 1160 g/mol. The highest BCUT2D eigenvalue weighted by atomic mass is 31.2. The number of hydrogen-bond donors (Lipinski definition) is 6. The lowest BCUT2D eigenvalue weighted by Crippen LogP contribution is -2.67. The monoisotopic (exact) mass is 1290 g/mol. The van der Waals surface area contributed by atoms with Gasteiger partial charge in [0.05, 0.1) is 19.3 Å². The van der Waals surface area contributed by atoms with Gasteiger partial charge in [0.2, 0.25) is 5.91 Å². The van der Waals surface area contributed by atoms with Crippen LogP contribution in [0.3, 0.4) is 0 Å². The zero-order valence-corrected chi connectivity index (χ0v) is 57.3. The van der Waals surface area contributed by atoms with Gasteiger partial charge in [-0.05, 0) is 57.8 Å². The molecular formula is C66H129NO18P2. The van der Waals surface area contributed by atoms with Crippen molar-refractivity contribution in [1.29, 1.82) is 0 Å². The number of rotatable bonds is 60. The first kappa shape index (κ1) is 82.2. The molecule has 0 aromatic rings. The minimum atomic E-state index is -5.22. The molecule has 2 heterocycles. The molecule has 0 aliphatic carbocycles.